The van der Waals surface area contributed by atoms with Crippen LogP contribution in [-0.2, 0) is 5.41 Å². The van der Waals surface area contributed by atoms with Gasteiger partial charge < -0.3 is 10.1 Å². The molecule has 0 radical (unpaired) electrons. The summed E-state index contributed by atoms with van der Waals surface area (Å²) in [6, 6.07) is 5.32. The number of fused-ring (bicyclic) bond motifs is 5. The van der Waals surface area contributed by atoms with Crippen LogP contribution in [0.3, 0.4) is 0 Å². The van der Waals surface area contributed by atoms with Crippen molar-refractivity contribution in [2.75, 3.05) is 0 Å². The lowest BCUT2D eigenvalue weighted by Crippen LogP contribution is -2.39. The summed E-state index contributed by atoms with van der Waals surface area (Å²) in [5.41, 5.74) is -0.0930. The Bertz CT molecular complexity index is 1500. The van der Waals surface area contributed by atoms with Crippen molar-refractivity contribution in [1.29, 1.82) is 0 Å². The van der Waals surface area contributed by atoms with Gasteiger partial charge in [0.05, 0.1) is 34.3 Å². The van der Waals surface area contributed by atoms with Gasteiger partial charge in [0.2, 0.25) is 0 Å². The average Bonchev–Trinajstić information content (AvgIpc) is 3.48. The van der Waals surface area contributed by atoms with Crippen molar-refractivity contribution in [2.45, 2.75) is 51.0 Å². The highest BCUT2D eigenvalue weighted by atomic mass is 19.1. The minimum Gasteiger partial charge on any atom is -0.385 e. The van der Waals surface area contributed by atoms with Gasteiger partial charge in [-0.15, -0.1) is 15.3 Å². The number of halogens is 3. The number of hydrogen-bond acceptors (Lipinski definition) is 7. The lowest BCUT2D eigenvalue weighted by atomic mass is 9.66. The number of aromatic amines is 1. The molecule has 6 rings (SSSR count). The van der Waals surface area contributed by atoms with Crippen LogP contribution >= 0.6 is 0 Å². The molecule has 0 amide bonds. The molecule has 1 fully saturated rings. The molecule has 2 aliphatic carbocycles. The maximum atomic E-state index is 15.4. The van der Waals surface area contributed by atoms with E-state index in [9.17, 15) is 13.9 Å². The molecule has 184 valence electrons. The first-order chi connectivity index (χ1) is 17.1. The van der Waals surface area contributed by atoms with E-state index in [-0.39, 0.29) is 40.3 Å². The van der Waals surface area contributed by atoms with E-state index in [0.29, 0.717) is 12.1 Å². The Hall–Kier alpha value is -3.73. The van der Waals surface area contributed by atoms with Gasteiger partial charge in [0.15, 0.2) is 23.3 Å². The predicted octanol–water partition coefficient (Wildman–Crippen LogP) is 4.39. The summed E-state index contributed by atoms with van der Waals surface area (Å²) in [5, 5.41) is 26.3. The Morgan fingerprint density at radius 2 is 1.78 bits per heavy atom. The fraction of sp³-hybridized carbons (Fsp3) is 0.360. The summed E-state index contributed by atoms with van der Waals surface area (Å²) in [5.74, 6) is -1.52. The summed E-state index contributed by atoms with van der Waals surface area (Å²) in [6.45, 7) is 5.59. The van der Waals surface area contributed by atoms with Gasteiger partial charge in [0.25, 0.3) is 0 Å². The molecule has 0 aliphatic heterocycles. The Labute approximate surface area is 204 Å². The molecule has 1 saturated carbocycles. The maximum absolute atomic E-state index is 15.4. The fourth-order valence-corrected chi connectivity index (χ4v) is 6.06. The maximum Gasteiger partial charge on any atom is 0.199 e. The van der Waals surface area contributed by atoms with Gasteiger partial charge in [0.1, 0.15) is 17.7 Å². The van der Waals surface area contributed by atoms with Gasteiger partial charge in [-0.25, -0.2) is 23.1 Å². The number of rotatable bonds is 4. The lowest BCUT2D eigenvalue weighted by Gasteiger charge is -2.37. The van der Waals surface area contributed by atoms with Crippen molar-refractivity contribution < 1.29 is 18.3 Å². The van der Waals surface area contributed by atoms with Gasteiger partial charge in [-0.2, -0.15) is 5.10 Å². The molecule has 3 aromatic heterocycles. The minimum absolute atomic E-state index is 0.0403. The fourth-order valence-electron chi connectivity index (χ4n) is 6.06. The van der Waals surface area contributed by atoms with E-state index in [1.807, 2.05) is 13.8 Å². The second-order valence-corrected chi connectivity index (χ2v) is 9.97. The molecule has 3 heterocycles. The van der Waals surface area contributed by atoms with E-state index in [2.05, 4.69) is 35.3 Å². The van der Waals surface area contributed by atoms with E-state index in [1.165, 1.54) is 25.1 Å². The van der Waals surface area contributed by atoms with Crippen LogP contribution < -0.4 is 0 Å². The molecule has 2 N–H and O–H groups in total. The summed E-state index contributed by atoms with van der Waals surface area (Å²) in [7, 11) is 0. The third-order valence-electron chi connectivity index (χ3n) is 7.86. The SMILES string of the molecule is C[C@H](O)c1nnc(-c2ncc(F)c([C@]34CC[C@@H](c5cc(-c6c(F)cccc6F)nnc53)C4(C)C)n2)[nH]1. The number of nitrogens with one attached hydrogen (secondary N) is 1. The van der Waals surface area contributed by atoms with Crippen LogP contribution in [0, 0.1) is 22.9 Å². The third kappa shape index (κ3) is 2.92. The first kappa shape index (κ1) is 22.7. The Morgan fingerprint density at radius 1 is 1.03 bits per heavy atom. The number of H-pyrrole nitrogens is 1. The van der Waals surface area contributed by atoms with Crippen LogP contribution in [0.15, 0.2) is 30.5 Å². The Balaban J connectivity index is 1.52. The first-order valence-corrected chi connectivity index (χ1v) is 11.6. The van der Waals surface area contributed by atoms with Gasteiger partial charge in [0, 0.05) is 0 Å². The highest BCUT2D eigenvalue weighted by Crippen LogP contribution is 2.69. The zero-order valence-electron chi connectivity index (χ0n) is 19.7. The lowest BCUT2D eigenvalue weighted by molar-refractivity contribution is 0.189. The van der Waals surface area contributed by atoms with Crippen LogP contribution in [0.25, 0.3) is 22.9 Å². The van der Waals surface area contributed by atoms with Crippen molar-refractivity contribution in [1.82, 2.24) is 35.3 Å². The van der Waals surface area contributed by atoms with Crippen LogP contribution in [0.1, 0.15) is 68.4 Å². The Kier molecular flexibility index (Phi) is 4.82. The number of nitrogens with zero attached hydrogens (tertiary/aromatic N) is 6. The van der Waals surface area contributed by atoms with Crippen molar-refractivity contribution in [2.24, 2.45) is 5.41 Å². The van der Waals surface area contributed by atoms with E-state index in [4.69, 9.17) is 0 Å². The summed E-state index contributed by atoms with van der Waals surface area (Å²) in [4.78, 5) is 11.5. The first-order valence-electron chi connectivity index (χ1n) is 11.6. The largest absolute Gasteiger partial charge is 0.385 e. The standard InChI is InChI=1S/C25H22F3N7O/c1-11(36)21-31-23(35-34-21)22-29-10-16(28)20(30-22)25-8-7-13(24(25,2)3)12-9-17(32-33-19(12)25)18-14(26)5-4-6-15(18)27/h4-6,9-11,13,36H,7-8H2,1-3H3,(H,31,34,35)/t11-,13-,25-/m0/s1. The topological polar surface area (TPSA) is 113 Å². The zero-order valence-corrected chi connectivity index (χ0v) is 19.7. The quantitative estimate of drug-likeness (QED) is 0.433. The monoisotopic (exact) mass is 493 g/mol. The molecule has 0 spiro atoms. The molecule has 0 saturated heterocycles. The van der Waals surface area contributed by atoms with Crippen LogP contribution in [0.5, 0.6) is 0 Å². The van der Waals surface area contributed by atoms with Crippen LogP contribution in [0.2, 0.25) is 0 Å². The molecule has 4 aromatic rings. The number of benzene rings is 1. The van der Waals surface area contributed by atoms with Crippen LogP contribution in [0.4, 0.5) is 13.2 Å². The average molecular weight is 493 g/mol. The number of aromatic nitrogens is 7. The number of hydrogen-bond donors (Lipinski definition) is 2. The molecule has 0 unspecified atom stereocenters. The van der Waals surface area contributed by atoms with Crippen molar-refractivity contribution in [3.63, 3.8) is 0 Å². The molecule has 2 aliphatic rings. The smallest absolute Gasteiger partial charge is 0.199 e. The summed E-state index contributed by atoms with van der Waals surface area (Å²) >= 11 is 0. The molecule has 3 atom stereocenters. The number of aliphatic hydroxyl groups excluding tert-OH is 1. The Morgan fingerprint density at radius 3 is 2.47 bits per heavy atom. The van der Waals surface area contributed by atoms with Gasteiger partial charge in [-0.1, -0.05) is 19.9 Å². The van der Waals surface area contributed by atoms with E-state index < -0.39 is 34.4 Å². The molecule has 8 nitrogen and oxygen atoms in total. The molecular weight excluding hydrogens is 471 g/mol. The van der Waals surface area contributed by atoms with Crippen molar-refractivity contribution >= 4 is 0 Å². The van der Waals surface area contributed by atoms with Crippen LogP contribution in [-0.4, -0.2) is 40.5 Å². The molecule has 36 heavy (non-hydrogen) atoms. The molecule has 1 aromatic carbocycles. The van der Waals surface area contributed by atoms with Gasteiger partial charge in [-0.3, -0.25) is 0 Å². The molecule has 2 bridgehead atoms. The zero-order chi connectivity index (χ0) is 25.4. The van der Waals surface area contributed by atoms with Gasteiger partial charge >= 0.3 is 0 Å². The van der Waals surface area contributed by atoms with E-state index in [1.54, 1.807) is 6.07 Å². The highest BCUT2D eigenvalue weighted by Gasteiger charge is 2.66. The second kappa shape index (κ2) is 7.63. The van der Waals surface area contributed by atoms with Crippen molar-refractivity contribution in [3.8, 4) is 22.9 Å². The second-order valence-electron chi connectivity index (χ2n) is 9.97. The normalized spacial score (nSPS) is 22.6. The van der Waals surface area contributed by atoms with E-state index >= 15 is 4.39 Å². The molecule has 11 heteroatoms. The third-order valence-corrected chi connectivity index (χ3v) is 7.86. The predicted molar refractivity (Wildman–Crippen MR) is 122 cm³/mol. The van der Waals surface area contributed by atoms with Gasteiger partial charge in [-0.05, 0) is 54.9 Å². The molecular formula is C25H22F3N7O. The minimum atomic E-state index is -0.929. The highest BCUT2D eigenvalue weighted by molar-refractivity contribution is 5.64. The summed E-state index contributed by atoms with van der Waals surface area (Å²) < 4.78 is 44.4. The van der Waals surface area contributed by atoms with Crippen molar-refractivity contribution in [3.05, 3.63) is 70.7 Å². The summed E-state index contributed by atoms with van der Waals surface area (Å²) in [6.07, 6.45) is 1.51. The number of aliphatic hydroxyl groups is 1. The van der Waals surface area contributed by atoms with E-state index in [0.717, 1.165) is 18.2 Å².